The summed E-state index contributed by atoms with van der Waals surface area (Å²) in [4.78, 5) is 23.3. The zero-order valence-electron chi connectivity index (χ0n) is 10.7. The van der Waals surface area contributed by atoms with Gasteiger partial charge in [0, 0.05) is 6.61 Å². The van der Waals surface area contributed by atoms with E-state index in [1.165, 1.54) is 6.92 Å². The SMILES string of the molecule is CCCC(C)(NC(=O)C1(C)CCCO1)C(=O)O. The molecule has 2 N–H and O–H groups in total. The fraction of sp³-hybridized carbons (Fsp3) is 0.833. The van der Waals surface area contributed by atoms with Crippen LogP contribution in [0.3, 0.4) is 0 Å². The quantitative estimate of drug-likeness (QED) is 0.763. The summed E-state index contributed by atoms with van der Waals surface area (Å²) in [5.74, 6) is -1.33. The molecule has 0 aromatic carbocycles. The molecule has 1 aliphatic heterocycles. The highest BCUT2D eigenvalue weighted by atomic mass is 16.5. The van der Waals surface area contributed by atoms with Crippen LogP contribution in [0.2, 0.25) is 0 Å². The van der Waals surface area contributed by atoms with Crippen LogP contribution in [0.25, 0.3) is 0 Å². The van der Waals surface area contributed by atoms with Gasteiger partial charge in [0.2, 0.25) is 0 Å². The highest BCUT2D eigenvalue weighted by Crippen LogP contribution is 2.26. The van der Waals surface area contributed by atoms with Crippen LogP contribution in [0.5, 0.6) is 0 Å². The van der Waals surface area contributed by atoms with Gasteiger partial charge in [-0.1, -0.05) is 13.3 Å². The van der Waals surface area contributed by atoms with Crippen LogP contribution in [0.15, 0.2) is 0 Å². The molecule has 0 aliphatic carbocycles. The topological polar surface area (TPSA) is 75.6 Å². The Balaban J connectivity index is 2.74. The van der Waals surface area contributed by atoms with Crippen LogP contribution in [-0.2, 0) is 14.3 Å². The first-order valence-corrected chi connectivity index (χ1v) is 6.04. The van der Waals surface area contributed by atoms with Gasteiger partial charge in [-0.2, -0.15) is 0 Å². The van der Waals surface area contributed by atoms with E-state index < -0.39 is 17.1 Å². The van der Waals surface area contributed by atoms with E-state index in [0.717, 1.165) is 6.42 Å². The van der Waals surface area contributed by atoms with E-state index in [2.05, 4.69) is 5.32 Å². The van der Waals surface area contributed by atoms with Crippen molar-refractivity contribution in [3.8, 4) is 0 Å². The largest absolute Gasteiger partial charge is 0.480 e. The minimum absolute atomic E-state index is 0.326. The number of amides is 1. The normalized spacial score (nSPS) is 27.5. The van der Waals surface area contributed by atoms with Crippen molar-refractivity contribution in [2.45, 2.75) is 57.6 Å². The van der Waals surface area contributed by atoms with Crippen molar-refractivity contribution in [2.24, 2.45) is 0 Å². The van der Waals surface area contributed by atoms with Crippen molar-refractivity contribution < 1.29 is 19.4 Å². The fourth-order valence-electron chi connectivity index (χ4n) is 2.06. The first kappa shape index (κ1) is 14.0. The fourth-order valence-corrected chi connectivity index (χ4v) is 2.06. The molecule has 0 spiro atoms. The standard InChI is InChI=1S/C12H21NO4/c1-4-6-11(2,10(15)16)13-9(14)12(3)7-5-8-17-12/h4-8H2,1-3H3,(H,13,14)(H,15,16). The molecule has 0 radical (unpaired) electrons. The van der Waals surface area contributed by atoms with Crippen molar-refractivity contribution in [1.82, 2.24) is 5.32 Å². The van der Waals surface area contributed by atoms with E-state index in [-0.39, 0.29) is 5.91 Å². The second kappa shape index (κ2) is 5.04. The molecule has 1 fully saturated rings. The Hall–Kier alpha value is -1.10. The molecule has 1 amide bonds. The maximum absolute atomic E-state index is 12.1. The van der Waals surface area contributed by atoms with Crippen LogP contribution in [-0.4, -0.2) is 34.7 Å². The maximum atomic E-state index is 12.1. The van der Waals surface area contributed by atoms with Gasteiger partial charge in [-0.3, -0.25) is 4.79 Å². The van der Waals surface area contributed by atoms with E-state index in [1.807, 2.05) is 6.92 Å². The summed E-state index contributed by atoms with van der Waals surface area (Å²) < 4.78 is 5.40. The van der Waals surface area contributed by atoms with E-state index in [4.69, 9.17) is 4.74 Å². The third-order valence-corrected chi connectivity index (χ3v) is 3.31. The molecular weight excluding hydrogens is 222 g/mol. The number of carbonyl (C=O) groups excluding carboxylic acids is 1. The first-order chi connectivity index (χ1) is 7.84. The van der Waals surface area contributed by atoms with E-state index >= 15 is 0 Å². The molecule has 0 aromatic heterocycles. The average molecular weight is 243 g/mol. The van der Waals surface area contributed by atoms with Gasteiger partial charge in [-0.15, -0.1) is 0 Å². The minimum Gasteiger partial charge on any atom is -0.480 e. The Morgan fingerprint density at radius 2 is 2.18 bits per heavy atom. The lowest BCUT2D eigenvalue weighted by atomic mass is 9.93. The molecule has 5 nitrogen and oxygen atoms in total. The molecule has 98 valence electrons. The van der Waals surface area contributed by atoms with E-state index in [9.17, 15) is 14.7 Å². The van der Waals surface area contributed by atoms with Gasteiger partial charge in [-0.25, -0.2) is 4.79 Å². The molecule has 2 atom stereocenters. The monoisotopic (exact) mass is 243 g/mol. The Morgan fingerprint density at radius 3 is 2.59 bits per heavy atom. The number of carboxylic acid groups (broad SMARTS) is 1. The molecule has 1 saturated heterocycles. The number of ether oxygens (including phenoxy) is 1. The summed E-state index contributed by atoms with van der Waals surface area (Å²) in [6, 6.07) is 0. The summed E-state index contributed by atoms with van der Waals surface area (Å²) >= 11 is 0. The van der Waals surface area contributed by atoms with Crippen LogP contribution >= 0.6 is 0 Å². The van der Waals surface area contributed by atoms with Crippen LogP contribution in [0.4, 0.5) is 0 Å². The van der Waals surface area contributed by atoms with Gasteiger partial charge in [0.15, 0.2) is 0 Å². The molecule has 17 heavy (non-hydrogen) atoms. The molecule has 1 aliphatic rings. The lowest BCUT2D eigenvalue weighted by Gasteiger charge is -2.30. The Labute approximate surface area is 102 Å². The summed E-state index contributed by atoms with van der Waals surface area (Å²) in [7, 11) is 0. The second-order valence-electron chi connectivity index (χ2n) is 5.02. The molecule has 1 rings (SSSR count). The predicted molar refractivity (Wildman–Crippen MR) is 62.7 cm³/mol. The lowest BCUT2D eigenvalue weighted by Crippen LogP contribution is -2.57. The van der Waals surface area contributed by atoms with Crippen molar-refractivity contribution in [1.29, 1.82) is 0 Å². The van der Waals surface area contributed by atoms with Crippen molar-refractivity contribution in [3.63, 3.8) is 0 Å². The Morgan fingerprint density at radius 1 is 1.53 bits per heavy atom. The molecule has 0 aromatic rings. The smallest absolute Gasteiger partial charge is 0.329 e. The Bertz CT molecular complexity index is 310. The number of hydrogen-bond acceptors (Lipinski definition) is 3. The van der Waals surface area contributed by atoms with Gasteiger partial charge < -0.3 is 15.2 Å². The average Bonchev–Trinajstić information content (AvgIpc) is 2.66. The van der Waals surface area contributed by atoms with Crippen LogP contribution < -0.4 is 5.32 Å². The van der Waals surface area contributed by atoms with Crippen molar-refractivity contribution in [2.75, 3.05) is 6.61 Å². The third kappa shape index (κ3) is 2.97. The molecule has 2 unspecified atom stereocenters. The summed E-state index contributed by atoms with van der Waals surface area (Å²) in [6.45, 7) is 5.70. The van der Waals surface area contributed by atoms with Gasteiger partial charge in [0.05, 0.1) is 0 Å². The number of aliphatic carboxylic acids is 1. The number of carboxylic acids is 1. The van der Waals surface area contributed by atoms with Gasteiger partial charge in [0.1, 0.15) is 11.1 Å². The minimum atomic E-state index is -1.21. The van der Waals surface area contributed by atoms with E-state index in [0.29, 0.717) is 25.9 Å². The summed E-state index contributed by atoms with van der Waals surface area (Å²) in [5, 5.41) is 11.8. The number of hydrogen-bond donors (Lipinski definition) is 2. The Kier molecular flexibility index (Phi) is 4.14. The van der Waals surface area contributed by atoms with Gasteiger partial charge >= 0.3 is 5.97 Å². The van der Waals surface area contributed by atoms with Gasteiger partial charge in [-0.05, 0) is 33.1 Å². The number of nitrogens with one attached hydrogen (secondary N) is 1. The zero-order chi connectivity index (χ0) is 13.1. The molecule has 0 saturated carbocycles. The third-order valence-electron chi connectivity index (χ3n) is 3.31. The zero-order valence-corrected chi connectivity index (χ0v) is 10.7. The molecule has 5 heteroatoms. The van der Waals surface area contributed by atoms with Crippen molar-refractivity contribution >= 4 is 11.9 Å². The molecule has 1 heterocycles. The predicted octanol–water partition coefficient (Wildman–Crippen LogP) is 1.32. The second-order valence-corrected chi connectivity index (χ2v) is 5.02. The van der Waals surface area contributed by atoms with Crippen LogP contribution in [0.1, 0.15) is 46.5 Å². The number of carbonyl (C=O) groups is 2. The summed E-state index contributed by atoms with van der Waals surface area (Å²) in [6.07, 6.45) is 2.58. The highest BCUT2D eigenvalue weighted by molar-refractivity contribution is 5.91. The molecular formula is C12H21NO4. The maximum Gasteiger partial charge on any atom is 0.329 e. The first-order valence-electron chi connectivity index (χ1n) is 6.04. The molecule has 0 bridgehead atoms. The highest BCUT2D eigenvalue weighted by Gasteiger charge is 2.43. The van der Waals surface area contributed by atoms with Gasteiger partial charge in [0.25, 0.3) is 5.91 Å². The van der Waals surface area contributed by atoms with E-state index in [1.54, 1.807) is 6.92 Å². The van der Waals surface area contributed by atoms with Crippen molar-refractivity contribution in [3.05, 3.63) is 0 Å². The lowest BCUT2D eigenvalue weighted by molar-refractivity contribution is -0.152. The summed E-state index contributed by atoms with van der Waals surface area (Å²) in [5.41, 5.74) is -2.08. The number of rotatable bonds is 5. The van der Waals surface area contributed by atoms with Crippen LogP contribution in [0, 0.1) is 0 Å².